The fourth-order valence-corrected chi connectivity index (χ4v) is 4.45. The van der Waals surface area contributed by atoms with E-state index in [-0.39, 0.29) is 17.7 Å². The van der Waals surface area contributed by atoms with Crippen LogP contribution >= 0.6 is 0 Å². The maximum atomic E-state index is 13.3. The highest BCUT2D eigenvalue weighted by Crippen LogP contribution is 2.30. The number of hydrogen-bond donors (Lipinski definition) is 1. The van der Waals surface area contributed by atoms with Gasteiger partial charge in [0.2, 0.25) is 0 Å². The summed E-state index contributed by atoms with van der Waals surface area (Å²) in [6, 6.07) is 7.37. The molecule has 6 heteroatoms. The van der Waals surface area contributed by atoms with Gasteiger partial charge >= 0.3 is 0 Å². The van der Waals surface area contributed by atoms with Crippen molar-refractivity contribution in [3.8, 4) is 0 Å². The molecule has 0 aliphatic carbocycles. The van der Waals surface area contributed by atoms with Crippen molar-refractivity contribution >= 4 is 11.7 Å². The molecular weight excluding hydrogens is 340 g/mol. The van der Waals surface area contributed by atoms with Crippen molar-refractivity contribution in [1.82, 2.24) is 19.8 Å². The fraction of sp³-hybridized carbons (Fsp3) is 0.476. The van der Waals surface area contributed by atoms with Crippen LogP contribution in [-0.4, -0.2) is 57.1 Å². The molecule has 0 unspecified atom stereocenters. The van der Waals surface area contributed by atoms with Gasteiger partial charge in [0.05, 0.1) is 17.6 Å². The molecule has 1 aromatic heterocycles. The number of piperidine rings is 1. The van der Waals surface area contributed by atoms with E-state index < -0.39 is 0 Å². The fourth-order valence-electron chi connectivity index (χ4n) is 4.45. The Hall–Kier alpha value is -2.47. The molecule has 0 spiro atoms. The first-order valence-corrected chi connectivity index (χ1v) is 9.65. The number of ketones is 1. The van der Waals surface area contributed by atoms with E-state index in [0.717, 1.165) is 50.4 Å². The quantitative estimate of drug-likeness (QED) is 0.845. The van der Waals surface area contributed by atoms with Crippen LogP contribution in [0.25, 0.3) is 0 Å². The van der Waals surface area contributed by atoms with Gasteiger partial charge in [0, 0.05) is 43.5 Å². The standard InChI is InChI=1S/C21H26N4O2/c1-14-20(23-13-22-14)12-24-9-16-7-8-17(11-24)25(10-16)21(27)19-6-4-3-5-18(19)15(2)26/h3-6,13,16-17H,7-12H2,1-2H3,(H,22,23)/t16-,17+/m0/s1. The lowest BCUT2D eigenvalue weighted by Crippen LogP contribution is -2.47. The first-order chi connectivity index (χ1) is 13.0. The Morgan fingerprint density at radius 2 is 1.93 bits per heavy atom. The number of aromatic nitrogens is 2. The van der Waals surface area contributed by atoms with Crippen molar-refractivity contribution in [2.75, 3.05) is 19.6 Å². The second kappa shape index (κ2) is 7.27. The first-order valence-electron chi connectivity index (χ1n) is 9.65. The summed E-state index contributed by atoms with van der Waals surface area (Å²) in [7, 11) is 0. The number of fused-ring (bicyclic) bond motifs is 4. The molecule has 3 saturated heterocycles. The minimum absolute atomic E-state index is 0.00620. The lowest BCUT2D eigenvalue weighted by atomic mass is 9.93. The lowest BCUT2D eigenvalue weighted by Gasteiger charge is -2.36. The number of hydrogen-bond acceptors (Lipinski definition) is 4. The number of imidazole rings is 1. The summed E-state index contributed by atoms with van der Waals surface area (Å²) in [5.41, 5.74) is 3.24. The van der Waals surface area contributed by atoms with Gasteiger partial charge in [0.1, 0.15) is 0 Å². The Kier molecular flexibility index (Phi) is 4.83. The number of carbonyl (C=O) groups is 2. The summed E-state index contributed by atoms with van der Waals surface area (Å²) in [4.78, 5) is 37.2. The third kappa shape index (κ3) is 3.54. The van der Waals surface area contributed by atoms with Gasteiger partial charge in [0.15, 0.2) is 5.78 Å². The Balaban J connectivity index is 1.55. The van der Waals surface area contributed by atoms with Crippen LogP contribution < -0.4 is 0 Å². The van der Waals surface area contributed by atoms with E-state index in [0.29, 0.717) is 17.0 Å². The molecule has 2 aromatic rings. The summed E-state index contributed by atoms with van der Waals surface area (Å²) in [6.45, 7) is 7.00. The van der Waals surface area contributed by atoms with Crippen molar-refractivity contribution in [2.24, 2.45) is 5.92 Å². The van der Waals surface area contributed by atoms with Crippen molar-refractivity contribution in [1.29, 1.82) is 0 Å². The molecule has 3 fully saturated rings. The van der Waals surface area contributed by atoms with Gasteiger partial charge in [-0.1, -0.05) is 18.2 Å². The molecule has 1 amide bonds. The Morgan fingerprint density at radius 3 is 2.63 bits per heavy atom. The van der Waals surface area contributed by atoms with Gasteiger partial charge in [-0.05, 0) is 38.7 Å². The maximum Gasteiger partial charge on any atom is 0.254 e. The summed E-state index contributed by atoms with van der Waals surface area (Å²) in [5.74, 6) is 0.402. The van der Waals surface area contributed by atoms with E-state index in [4.69, 9.17) is 0 Å². The number of rotatable bonds is 4. The molecule has 0 saturated carbocycles. The van der Waals surface area contributed by atoms with Crippen LogP contribution in [0.2, 0.25) is 0 Å². The topological polar surface area (TPSA) is 69.3 Å². The molecule has 142 valence electrons. The van der Waals surface area contributed by atoms with E-state index >= 15 is 0 Å². The summed E-state index contributed by atoms with van der Waals surface area (Å²) in [6.07, 6.45) is 3.92. The minimum atomic E-state index is -0.0606. The predicted octanol–water partition coefficient (Wildman–Crippen LogP) is 2.66. The van der Waals surface area contributed by atoms with Crippen LogP contribution in [0.15, 0.2) is 30.6 Å². The number of Topliss-reactive ketones (excluding diaryl/α,β-unsaturated/α-hetero) is 1. The van der Waals surface area contributed by atoms with Crippen LogP contribution in [0, 0.1) is 12.8 Å². The summed E-state index contributed by atoms with van der Waals surface area (Å²) in [5, 5.41) is 0. The number of nitrogens with zero attached hydrogens (tertiary/aromatic N) is 3. The number of nitrogens with one attached hydrogen (secondary N) is 1. The number of amides is 1. The normalized spacial score (nSPS) is 22.7. The molecule has 2 atom stereocenters. The summed E-state index contributed by atoms with van der Waals surface area (Å²) >= 11 is 0. The molecule has 1 aromatic carbocycles. The molecular formula is C21H26N4O2. The van der Waals surface area contributed by atoms with Gasteiger partial charge in [-0.3, -0.25) is 14.5 Å². The monoisotopic (exact) mass is 366 g/mol. The highest BCUT2D eigenvalue weighted by molar-refractivity contribution is 6.07. The van der Waals surface area contributed by atoms with E-state index in [2.05, 4.69) is 14.9 Å². The number of carbonyl (C=O) groups excluding carboxylic acids is 2. The van der Waals surface area contributed by atoms with Crippen LogP contribution in [0.5, 0.6) is 0 Å². The highest BCUT2D eigenvalue weighted by atomic mass is 16.2. The largest absolute Gasteiger partial charge is 0.348 e. The Morgan fingerprint density at radius 1 is 1.15 bits per heavy atom. The zero-order chi connectivity index (χ0) is 19.0. The molecule has 6 nitrogen and oxygen atoms in total. The predicted molar refractivity (Wildman–Crippen MR) is 103 cm³/mol. The molecule has 3 aliphatic rings. The first kappa shape index (κ1) is 17.9. The van der Waals surface area contributed by atoms with Crippen LogP contribution in [0.1, 0.15) is 51.9 Å². The zero-order valence-corrected chi connectivity index (χ0v) is 15.9. The third-order valence-electron chi connectivity index (χ3n) is 5.89. The van der Waals surface area contributed by atoms with Crippen molar-refractivity contribution in [3.63, 3.8) is 0 Å². The molecule has 5 rings (SSSR count). The Labute approximate surface area is 159 Å². The average Bonchev–Trinajstić information content (AvgIpc) is 2.88. The lowest BCUT2D eigenvalue weighted by molar-refractivity contribution is 0.0582. The minimum Gasteiger partial charge on any atom is -0.348 e. The average molecular weight is 366 g/mol. The second-order valence-corrected chi connectivity index (χ2v) is 7.82. The molecule has 27 heavy (non-hydrogen) atoms. The van der Waals surface area contributed by atoms with Crippen molar-refractivity contribution in [2.45, 2.75) is 39.3 Å². The van der Waals surface area contributed by atoms with Gasteiger partial charge in [0.25, 0.3) is 5.91 Å². The van der Waals surface area contributed by atoms with Crippen molar-refractivity contribution in [3.05, 3.63) is 53.1 Å². The number of aromatic amines is 1. The number of H-pyrrole nitrogens is 1. The summed E-state index contributed by atoms with van der Waals surface area (Å²) < 4.78 is 0. The zero-order valence-electron chi connectivity index (χ0n) is 15.9. The van der Waals surface area contributed by atoms with E-state index in [1.807, 2.05) is 24.0 Å². The number of benzene rings is 1. The van der Waals surface area contributed by atoms with Gasteiger partial charge < -0.3 is 9.88 Å². The SMILES string of the molecule is CC(=O)c1ccccc1C(=O)N1C[C@H]2CC[C@@H]1CN(Cc1nc[nH]c1C)C2. The molecule has 4 heterocycles. The Bertz CT molecular complexity index is 859. The third-order valence-corrected chi connectivity index (χ3v) is 5.89. The number of aryl methyl sites for hydroxylation is 1. The molecule has 0 radical (unpaired) electrons. The van der Waals surface area contributed by atoms with Crippen LogP contribution in [0.4, 0.5) is 0 Å². The maximum absolute atomic E-state index is 13.3. The van der Waals surface area contributed by atoms with Gasteiger partial charge in [-0.25, -0.2) is 4.98 Å². The molecule has 1 N–H and O–H groups in total. The van der Waals surface area contributed by atoms with E-state index in [9.17, 15) is 9.59 Å². The molecule has 2 bridgehead atoms. The second-order valence-electron chi connectivity index (χ2n) is 7.82. The highest BCUT2D eigenvalue weighted by Gasteiger charge is 2.38. The van der Waals surface area contributed by atoms with Crippen molar-refractivity contribution < 1.29 is 9.59 Å². The van der Waals surface area contributed by atoms with Gasteiger partial charge in [-0.2, -0.15) is 0 Å². The van der Waals surface area contributed by atoms with E-state index in [1.165, 1.54) is 6.92 Å². The smallest absolute Gasteiger partial charge is 0.254 e. The molecule has 3 aliphatic heterocycles. The van der Waals surface area contributed by atoms with E-state index in [1.54, 1.807) is 18.5 Å². The van der Waals surface area contributed by atoms with Crippen LogP contribution in [0.3, 0.4) is 0 Å². The van der Waals surface area contributed by atoms with Crippen LogP contribution in [-0.2, 0) is 6.54 Å². The van der Waals surface area contributed by atoms with Gasteiger partial charge in [-0.15, -0.1) is 0 Å².